The maximum absolute atomic E-state index is 11.5. The fourth-order valence-corrected chi connectivity index (χ4v) is 2.18. The molecule has 0 radical (unpaired) electrons. The predicted octanol–water partition coefficient (Wildman–Crippen LogP) is 2.08. The second-order valence-electron chi connectivity index (χ2n) is 4.33. The third-order valence-electron chi connectivity index (χ3n) is 3.07. The quantitative estimate of drug-likeness (QED) is 0.718. The number of aromatic nitrogens is 2. The number of carbonyl (C=O) groups is 1. The normalized spacial score (nSPS) is 10.3. The Labute approximate surface area is 115 Å². The second kappa shape index (κ2) is 4.56. The van der Waals surface area contributed by atoms with E-state index in [1.807, 2.05) is 42.5 Å². The molecule has 0 atom stereocenters. The number of nitrogens with zero attached hydrogens (tertiary/aromatic N) is 2. The summed E-state index contributed by atoms with van der Waals surface area (Å²) in [6.07, 6.45) is 7.17. The van der Waals surface area contributed by atoms with Crippen LogP contribution >= 0.6 is 0 Å². The van der Waals surface area contributed by atoms with Gasteiger partial charge in [-0.1, -0.05) is 24.1 Å². The zero-order valence-electron chi connectivity index (χ0n) is 10.6. The Morgan fingerprint density at radius 1 is 1.25 bits per heavy atom. The minimum Gasteiger partial charge on any atom is -0.363 e. The molecule has 2 heterocycles. The van der Waals surface area contributed by atoms with Crippen molar-refractivity contribution in [1.29, 1.82) is 0 Å². The summed E-state index contributed by atoms with van der Waals surface area (Å²) in [5.41, 5.74) is 8.50. The molecule has 3 rings (SSSR count). The molecule has 0 fully saturated rings. The molecule has 0 saturated carbocycles. The number of hydrogen-bond acceptors (Lipinski definition) is 2. The number of fused-ring (bicyclic) bond motifs is 1. The van der Waals surface area contributed by atoms with Gasteiger partial charge in [0.15, 0.2) is 0 Å². The minimum absolute atomic E-state index is 0.210. The fourth-order valence-electron chi connectivity index (χ4n) is 2.18. The summed E-state index contributed by atoms with van der Waals surface area (Å²) in [4.78, 5) is 15.8. The van der Waals surface area contributed by atoms with Gasteiger partial charge < -0.3 is 5.73 Å². The molecule has 2 aromatic heterocycles. The molecule has 0 aliphatic heterocycles. The topological polar surface area (TPSA) is 60.4 Å². The Bertz CT molecular complexity index is 856. The average molecular weight is 261 g/mol. The van der Waals surface area contributed by atoms with Gasteiger partial charge >= 0.3 is 0 Å². The smallest absolute Gasteiger partial charge is 0.285 e. The molecule has 96 valence electrons. The zero-order valence-corrected chi connectivity index (χ0v) is 10.6. The number of primary amides is 1. The van der Waals surface area contributed by atoms with Crippen molar-refractivity contribution in [3.05, 3.63) is 60.0 Å². The molecular weight excluding hydrogens is 250 g/mol. The summed E-state index contributed by atoms with van der Waals surface area (Å²) in [5, 5.41) is 0. The van der Waals surface area contributed by atoms with Crippen molar-refractivity contribution in [1.82, 2.24) is 9.38 Å². The molecular formula is C16H11N3O. The molecule has 2 N–H and O–H groups in total. The lowest BCUT2D eigenvalue weighted by Crippen LogP contribution is -2.14. The van der Waals surface area contributed by atoms with E-state index in [2.05, 4.69) is 10.9 Å². The van der Waals surface area contributed by atoms with E-state index >= 15 is 0 Å². The number of terminal acetylenes is 1. The van der Waals surface area contributed by atoms with Crippen LogP contribution < -0.4 is 5.73 Å². The molecule has 4 nitrogen and oxygen atoms in total. The monoisotopic (exact) mass is 261 g/mol. The molecule has 20 heavy (non-hydrogen) atoms. The van der Waals surface area contributed by atoms with E-state index in [0.29, 0.717) is 5.69 Å². The summed E-state index contributed by atoms with van der Waals surface area (Å²) < 4.78 is 1.68. The highest BCUT2D eigenvalue weighted by Gasteiger charge is 2.15. The van der Waals surface area contributed by atoms with Gasteiger partial charge in [0.2, 0.25) is 5.82 Å². The highest BCUT2D eigenvalue weighted by atomic mass is 16.1. The largest absolute Gasteiger partial charge is 0.363 e. The Morgan fingerprint density at radius 3 is 2.85 bits per heavy atom. The third kappa shape index (κ3) is 1.82. The highest BCUT2D eigenvalue weighted by Crippen LogP contribution is 2.25. The lowest BCUT2D eigenvalue weighted by Gasteiger charge is -1.99. The molecule has 1 aromatic carbocycles. The molecule has 0 spiro atoms. The van der Waals surface area contributed by atoms with Gasteiger partial charge in [0.05, 0.1) is 11.2 Å². The Balaban J connectivity index is 2.31. The molecule has 0 bridgehead atoms. The Kier molecular flexibility index (Phi) is 2.73. The number of imidazole rings is 1. The van der Waals surface area contributed by atoms with Crippen LogP contribution in [0, 0.1) is 12.3 Å². The van der Waals surface area contributed by atoms with Gasteiger partial charge in [-0.3, -0.25) is 9.20 Å². The van der Waals surface area contributed by atoms with E-state index in [4.69, 9.17) is 12.2 Å². The molecule has 0 aliphatic rings. The van der Waals surface area contributed by atoms with E-state index in [-0.39, 0.29) is 5.82 Å². The maximum atomic E-state index is 11.5. The van der Waals surface area contributed by atoms with Gasteiger partial charge in [0.25, 0.3) is 5.91 Å². The summed E-state index contributed by atoms with van der Waals surface area (Å²) in [6, 6.07) is 13.1. The van der Waals surface area contributed by atoms with Crippen LogP contribution in [0.4, 0.5) is 0 Å². The maximum Gasteiger partial charge on any atom is 0.285 e. The van der Waals surface area contributed by atoms with Crippen molar-refractivity contribution in [2.24, 2.45) is 5.73 Å². The van der Waals surface area contributed by atoms with Crippen LogP contribution in [-0.2, 0) is 0 Å². The first kappa shape index (κ1) is 12.0. The fraction of sp³-hybridized carbons (Fsp3) is 0. The molecule has 0 unspecified atom stereocenters. The standard InChI is InChI=1S/C16H11N3O/c1-2-11-6-5-7-12(10-11)14-13-8-3-4-9-19(13)16(18-14)15(17)20/h1,3-10H,(H2,17,20). The van der Waals surface area contributed by atoms with Crippen molar-refractivity contribution >= 4 is 11.4 Å². The number of carbonyl (C=O) groups excluding carboxylic acids is 1. The SMILES string of the molecule is C#Cc1cccc(-c2nc(C(N)=O)n3ccccc23)c1. The molecule has 4 heteroatoms. The van der Waals surface area contributed by atoms with Gasteiger partial charge in [-0.05, 0) is 24.3 Å². The number of benzene rings is 1. The van der Waals surface area contributed by atoms with Crippen LogP contribution in [-0.4, -0.2) is 15.3 Å². The lowest BCUT2D eigenvalue weighted by molar-refractivity contribution is 0.0990. The number of rotatable bonds is 2. The van der Waals surface area contributed by atoms with Crippen LogP contribution in [0.15, 0.2) is 48.7 Å². The summed E-state index contributed by atoms with van der Waals surface area (Å²) >= 11 is 0. The van der Waals surface area contributed by atoms with Gasteiger partial charge in [-0.25, -0.2) is 4.98 Å². The van der Waals surface area contributed by atoms with Crippen molar-refractivity contribution in [2.45, 2.75) is 0 Å². The number of pyridine rings is 1. The molecule has 0 aliphatic carbocycles. The van der Waals surface area contributed by atoms with E-state index in [9.17, 15) is 4.79 Å². The first-order chi connectivity index (χ1) is 9.70. The summed E-state index contributed by atoms with van der Waals surface area (Å²) in [7, 11) is 0. The van der Waals surface area contributed by atoms with Crippen LogP contribution in [0.2, 0.25) is 0 Å². The molecule has 1 amide bonds. The summed E-state index contributed by atoms with van der Waals surface area (Å²) in [5.74, 6) is 2.23. The van der Waals surface area contributed by atoms with Crippen LogP contribution in [0.5, 0.6) is 0 Å². The van der Waals surface area contributed by atoms with Gasteiger partial charge in [0.1, 0.15) is 0 Å². The van der Waals surface area contributed by atoms with Gasteiger partial charge in [-0.2, -0.15) is 0 Å². The second-order valence-corrected chi connectivity index (χ2v) is 4.33. The molecule has 0 saturated heterocycles. The first-order valence-electron chi connectivity index (χ1n) is 6.04. The van der Waals surface area contributed by atoms with Crippen LogP contribution in [0.25, 0.3) is 16.8 Å². The predicted molar refractivity (Wildman–Crippen MR) is 77.1 cm³/mol. The Morgan fingerprint density at radius 2 is 2.10 bits per heavy atom. The minimum atomic E-state index is -0.564. The van der Waals surface area contributed by atoms with Crippen molar-refractivity contribution in [2.75, 3.05) is 0 Å². The van der Waals surface area contributed by atoms with Crippen LogP contribution in [0.1, 0.15) is 16.2 Å². The highest BCUT2D eigenvalue weighted by molar-refractivity contribution is 5.93. The number of amides is 1. The van der Waals surface area contributed by atoms with Crippen molar-refractivity contribution in [3.8, 4) is 23.6 Å². The Hall–Kier alpha value is -3.06. The number of nitrogens with two attached hydrogens (primary N) is 1. The van der Waals surface area contributed by atoms with Crippen molar-refractivity contribution < 1.29 is 4.79 Å². The van der Waals surface area contributed by atoms with Crippen LogP contribution in [0.3, 0.4) is 0 Å². The van der Waals surface area contributed by atoms with E-state index in [1.165, 1.54) is 0 Å². The first-order valence-corrected chi connectivity index (χ1v) is 6.04. The zero-order chi connectivity index (χ0) is 14.1. The average Bonchev–Trinajstić information content (AvgIpc) is 2.87. The van der Waals surface area contributed by atoms with Gasteiger partial charge in [-0.15, -0.1) is 6.42 Å². The van der Waals surface area contributed by atoms with E-state index in [1.54, 1.807) is 10.6 Å². The third-order valence-corrected chi connectivity index (χ3v) is 3.07. The number of hydrogen-bond donors (Lipinski definition) is 1. The molecule has 3 aromatic rings. The van der Waals surface area contributed by atoms with Gasteiger partial charge in [0, 0.05) is 17.3 Å². The summed E-state index contributed by atoms with van der Waals surface area (Å²) in [6.45, 7) is 0. The van der Waals surface area contributed by atoms with E-state index < -0.39 is 5.91 Å². The van der Waals surface area contributed by atoms with Crippen molar-refractivity contribution in [3.63, 3.8) is 0 Å². The van der Waals surface area contributed by atoms with E-state index in [0.717, 1.165) is 16.6 Å². The lowest BCUT2D eigenvalue weighted by atomic mass is 10.1.